The monoisotopic (exact) mass is 478 g/mol. The summed E-state index contributed by atoms with van der Waals surface area (Å²) in [6.07, 6.45) is 1.26. The number of rotatable bonds is 7. The van der Waals surface area contributed by atoms with Crippen molar-refractivity contribution < 1.29 is 17.9 Å². The number of hydrogen-bond acceptors (Lipinski definition) is 4. The number of benzene rings is 3. The minimum absolute atomic E-state index is 0.140. The third-order valence-corrected chi connectivity index (χ3v) is 8.13. The van der Waals surface area contributed by atoms with Crippen molar-refractivity contribution in [3.63, 3.8) is 0 Å². The molecule has 0 aromatic heterocycles. The molecule has 0 saturated carbocycles. The van der Waals surface area contributed by atoms with Crippen molar-refractivity contribution in [2.45, 2.75) is 30.7 Å². The first-order valence-electron chi connectivity index (χ1n) is 11.4. The van der Waals surface area contributed by atoms with E-state index in [9.17, 15) is 13.2 Å². The molecule has 3 aromatic carbocycles. The Morgan fingerprint density at radius 3 is 2.21 bits per heavy atom. The van der Waals surface area contributed by atoms with E-state index in [0.29, 0.717) is 25.1 Å². The standard InChI is InChI=1S/C27H30N2O4S/c1-20-15-16-24(33-2)25(18-20)34(31,32)29-17-9-14-23(19-29)27(30)28-26(21-10-5-3-6-11-21)22-12-7-4-8-13-22/h3-8,10-13,15-16,18,23,26H,9,14,17,19H2,1-2H3,(H,28,30)/t23-/m0/s1. The van der Waals surface area contributed by atoms with Crippen LogP contribution in [-0.2, 0) is 14.8 Å². The molecular weight excluding hydrogens is 448 g/mol. The maximum Gasteiger partial charge on any atom is 0.246 e. The lowest BCUT2D eigenvalue weighted by Gasteiger charge is -2.32. The second-order valence-corrected chi connectivity index (χ2v) is 10.5. The summed E-state index contributed by atoms with van der Waals surface area (Å²) in [6, 6.07) is 24.4. The Bertz CT molecular complexity index is 1190. The van der Waals surface area contributed by atoms with Gasteiger partial charge in [0.05, 0.1) is 19.1 Å². The molecule has 0 aliphatic carbocycles. The van der Waals surface area contributed by atoms with Crippen LogP contribution in [0.3, 0.4) is 0 Å². The number of methoxy groups -OCH3 is 1. The molecule has 34 heavy (non-hydrogen) atoms. The maximum atomic E-state index is 13.5. The van der Waals surface area contributed by atoms with E-state index < -0.39 is 15.9 Å². The molecule has 1 heterocycles. The van der Waals surface area contributed by atoms with E-state index in [-0.39, 0.29) is 23.4 Å². The van der Waals surface area contributed by atoms with E-state index in [1.165, 1.54) is 11.4 Å². The lowest BCUT2D eigenvalue weighted by atomic mass is 9.95. The molecular formula is C27H30N2O4S. The van der Waals surface area contributed by atoms with Gasteiger partial charge in [0, 0.05) is 13.1 Å². The van der Waals surface area contributed by atoms with Gasteiger partial charge in [-0.2, -0.15) is 4.31 Å². The number of nitrogens with one attached hydrogen (secondary N) is 1. The van der Waals surface area contributed by atoms with Crippen LogP contribution in [0.2, 0.25) is 0 Å². The molecule has 1 aliphatic rings. The van der Waals surface area contributed by atoms with E-state index in [1.807, 2.05) is 73.7 Å². The van der Waals surface area contributed by atoms with Crippen LogP contribution in [0.1, 0.15) is 35.6 Å². The zero-order chi connectivity index (χ0) is 24.1. The van der Waals surface area contributed by atoms with Crippen LogP contribution in [-0.4, -0.2) is 38.8 Å². The highest BCUT2D eigenvalue weighted by Crippen LogP contribution is 2.31. The van der Waals surface area contributed by atoms with Gasteiger partial charge in [0.1, 0.15) is 10.6 Å². The number of amides is 1. The lowest BCUT2D eigenvalue weighted by Crippen LogP contribution is -2.46. The SMILES string of the molecule is COc1ccc(C)cc1S(=O)(=O)N1CCC[C@H](C(=O)NC(c2ccccc2)c2ccccc2)C1. The number of piperidine rings is 1. The fourth-order valence-electron chi connectivity index (χ4n) is 4.41. The highest BCUT2D eigenvalue weighted by atomic mass is 32.2. The summed E-state index contributed by atoms with van der Waals surface area (Å²) in [7, 11) is -2.34. The topological polar surface area (TPSA) is 75.7 Å². The van der Waals surface area contributed by atoms with Gasteiger partial charge in [-0.25, -0.2) is 8.42 Å². The average Bonchev–Trinajstić information content (AvgIpc) is 2.88. The largest absolute Gasteiger partial charge is 0.495 e. The summed E-state index contributed by atoms with van der Waals surface area (Å²) in [5.74, 6) is -0.270. The predicted octanol–water partition coefficient (Wildman–Crippen LogP) is 4.31. The van der Waals surface area contributed by atoms with Gasteiger partial charge in [-0.3, -0.25) is 4.79 Å². The van der Waals surface area contributed by atoms with Crippen molar-refractivity contribution in [1.82, 2.24) is 9.62 Å². The molecule has 4 rings (SSSR count). The van der Waals surface area contributed by atoms with Crippen LogP contribution in [0, 0.1) is 12.8 Å². The van der Waals surface area contributed by atoms with Crippen molar-refractivity contribution in [3.05, 3.63) is 95.6 Å². The van der Waals surface area contributed by atoms with Gasteiger partial charge in [0.2, 0.25) is 15.9 Å². The molecule has 1 saturated heterocycles. The first-order chi connectivity index (χ1) is 16.4. The zero-order valence-electron chi connectivity index (χ0n) is 19.5. The summed E-state index contributed by atoms with van der Waals surface area (Å²) in [5.41, 5.74) is 2.79. The molecule has 3 aromatic rings. The van der Waals surface area contributed by atoms with Crippen LogP contribution in [0.4, 0.5) is 0 Å². The Hall–Kier alpha value is -3.16. The third-order valence-electron chi connectivity index (χ3n) is 6.24. The van der Waals surface area contributed by atoms with Crippen molar-refractivity contribution >= 4 is 15.9 Å². The van der Waals surface area contributed by atoms with Crippen LogP contribution in [0.15, 0.2) is 83.8 Å². The van der Waals surface area contributed by atoms with Gasteiger partial charge in [0.15, 0.2) is 0 Å². The van der Waals surface area contributed by atoms with Gasteiger partial charge in [0.25, 0.3) is 0 Å². The predicted molar refractivity (Wildman–Crippen MR) is 132 cm³/mol. The van der Waals surface area contributed by atoms with E-state index in [4.69, 9.17) is 4.74 Å². The molecule has 7 heteroatoms. The molecule has 1 aliphatic heterocycles. The molecule has 178 valence electrons. The van der Waals surface area contributed by atoms with Crippen LogP contribution < -0.4 is 10.1 Å². The molecule has 1 amide bonds. The fraction of sp³-hybridized carbons (Fsp3) is 0.296. The van der Waals surface area contributed by atoms with Gasteiger partial charge in [-0.05, 0) is 48.6 Å². The van der Waals surface area contributed by atoms with Gasteiger partial charge in [-0.1, -0.05) is 66.7 Å². The maximum absolute atomic E-state index is 13.5. The minimum atomic E-state index is -3.80. The van der Waals surface area contributed by atoms with Crippen molar-refractivity contribution in [1.29, 1.82) is 0 Å². The number of sulfonamides is 1. The second-order valence-electron chi connectivity index (χ2n) is 8.62. The fourth-order valence-corrected chi connectivity index (χ4v) is 6.17. The Kier molecular flexibility index (Phi) is 7.34. The first kappa shape index (κ1) is 24.0. The Morgan fingerprint density at radius 1 is 1.00 bits per heavy atom. The number of carbonyl (C=O) groups excluding carboxylic acids is 1. The second kappa shape index (κ2) is 10.4. The average molecular weight is 479 g/mol. The number of aryl methyl sites for hydroxylation is 1. The lowest BCUT2D eigenvalue weighted by molar-refractivity contribution is -0.126. The quantitative estimate of drug-likeness (QED) is 0.549. The molecule has 6 nitrogen and oxygen atoms in total. The summed E-state index contributed by atoms with van der Waals surface area (Å²) in [5, 5.41) is 3.18. The van der Waals surface area contributed by atoms with Crippen molar-refractivity contribution in [2.75, 3.05) is 20.2 Å². The summed E-state index contributed by atoms with van der Waals surface area (Å²) in [4.78, 5) is 13.5. The van der Waals surface area contributed by atoms with Crippen LogP contribution >= 0.6 is 0 Å². The van der Waals surface area contributed by atoms with E-state index in [0.717, 1.165) is 16.7 Å². The van der Waals surface area contributed by atoms with E-state index in [1.54, 1.807) is 12.1 Å². The third kappa shape index (κ3) is 5.16. The van der Waals surface area contributed by atoms with E-state index in [2.05, 4.69) is 5.32 Å². The number of carbonyl (C=O) groups is 1. The first-order valence-corrected chi connectivity index (χ1v) is 12.9. The summed E-state index contributed by atoms with van der Waals surface area (Å²) in [6.45, 7) is 2.36. The minimum Gasteiger partial charge on any atom is -0.495 e. The van der Waals surface area contributed by atoms with Crippen molar-refractivity contribution in [3.8, 4) is 5.75 Å². The molecule has 0 unspecified atom stereocenters. The van der Waals surface area contributed by atoms with E-state index >= 15 is 0 Å². The normalized spacial score (nSPS) is 16.9. The summed E-state index contributed by atoms with van der Waals surface area (Å²) >= 11 is 0. The number of hydrogen-bond donors (Lipinski definition) is 1. The highest BCUT2D eigenvalue weighted by Gasteiger charge is 2.35. The molecule has 0 spiro atoms. The Labute approximate surface area is 201 Å². The Balaban J connectivity index is 1.56. The molecule has 1 fully saturated rings. The molecule has 1 N–H and O–H groups in total. The smallest absolute Gasteiger partial charge is 0.246 e. The van der Waals surface area contributed by atoms with Crippen LogP contribution in [0.5, 0.6) is 5.75 Å². The zero-order valence-corrected chi connectivity index (χ0v) is 20.3. The number of nitrogens with zero attached hydrogens (tertiary/aromatic N) is 1. The van der Waals surface area contributed by atoms with Gasteiger partial charge < -0.3 is 10.1 Å². The molecule has 0 radical (unpaired) electrons. The van der Waals surface area contributed by atoms with Gasteiger partial charge in [-0.15, -0.1) is 0 Å². The van der Waals surface area contributed by atoms with Gasteiger partial charge >= 0.3 is 0 Å². The summed E-state index contributed by atoms with van der Waals surface area (Å²) < 4.78 is 33.7. The van der Waals surface area contributed by atoms with Crippen molar-refractivity contribution in [2.24, 2.45) is 5.92 Å². The Morgan fingerprint density at radius 2 is 1.62 bits per heavy atom. The number of ether oxygens (including phenoxy) is 1. The van der Waals surface area contributed by atoms with Crippen LogP contribution in [0.25, 0.3) is 0 Å². The molecule has 0 bridgehead atoms. The highest BCUT2D eigenvalue weighted by molar-refractivity contribution is 7.89. The molecule has 1 atom stereocenters.